The minimum atomic E-state index is -0.230. The third-order valence-electron chi connectivity index (χ3n) is 1.88. The molecule has 2 heterocycles. The van der Waals surface area contributed by atoms with Gasteiger partial charge in [0.05, 0.1) is 0 Å². The highest BCUT2D eigenvalue weighted by Crippen LogP contribution is 1.97. The van der Waals surface area contributed by atoms with Gasteiger partial charge in [0.25, 0.3) is 0 Å². The second kappa shape index (κ2) is 3.91. The van der Waals surface area contributed by atoms with Crippen LogP contribution in [0.15, 0.2) is 41.6 Å². The summed E-state index contributed by atoms with van der Waals surface area (Å²) in [5, 5.41) is 3.92. The highest BCUT2D eigenvalue weighted by atomic mass is 16.2. The molecule has 2 rings (SSSR count). The first-order valence-corrected chi connectivity index (χ1v) is 4.53. The van der Waals surface area contributed by atoms with Gasteiger partial charge in [-0.3, -0.25) is 0 Å². The van der Waals surface area contributed by atoms with Crippen molar-refractivity contribution in [3.63, 3.8) is 0 Å². The van der Waals surface area contributed by atoms with Crippen LogP contribution < -0.4 is 5.69 Å². The molecule has 0 bridgehead atoms. The van der Waals surface area contributed by atoms with E-state index in [1.165, 1.54) is 15.6 Å². The van der Waals surface area contributed by atoms with E-state index in [0.29, 0.717) is 5.82 Å². The van der Waals surface area contributed by atoms with Crippen LogP contribution >= 0.6 is 0 Å². The molecule has 0 spiro atoms. The number of rotatable bonds is 2. The molecule has 2 aromatic rings. The predicted octanol–water partition coefficient (Wildman–Crippen LogP) is 0.920. The number of hydrogen-bond acceptors (Lipinski definition) is 3. The molecule has 5 nitrogen and oxygen atoms in total. The van der Waals surface area contributed by atoms with Crippen molar-refractivity contribution in [2.75, 3.05) is 0 Å². The van der Waals surface area contributed by atoms with E-state index in [4.69, 9.17) is 0 Å². The first-order chi connectivity index (χ1) is 7.33. The largest absolute Gasteiger partial charge is 0.355 e. The Morgan fingerprint density at radius 3 is 2.93 bits per heavy atom. The van der Waals surface area contributed by atoms with Gasteiger partial charge >= 0.3 is 5.69 Å². The molecular weight excluding hydrogens is 192 g/mol. The smallest absolute Gasteiger partial charge is 0.245 e. The van der Waals surface area contributed by atoms with Gasteiger partial charge in [-0.15, -0.1) is 0 Å². The van der Waals surface area contributed by atoms with Crippen LogP contribution in [0, 0.1) is 0 Å². The second-order valence-corrected chi connectivity index (χ2v) is 2.90. The maximum absolute atomic E-state index is 11.7. The molecule has 2 aromatic heterocycles. The van der Waals surface area contributed by atoms with E-state index < -0.39 is 0 Å². The zero-order valence-corrected chi connectivity index (χ0v) is 8.24. The Kier molecular flexibility index (Phi) is 2.45. The van der Waals surface area contributed by atoms with Crippen LogP contribution in [-0.4, -0.2) is 19.3 Å². The van der Waals surface area contributed by atoms with E-state index in [1.54, 1.807) is 30.6 Å². The Morgan fingerprint density at radius 2 is 2.27 bits per heavy atom. The lowest BCUT2D eigenvalue weighted by molar-refractivity contribution is 0.866. The highest BCUT2D eigenvalue weighted by molar-refractivity contribution is 5.23. The molecule has 0 amide bonds. The zero-order chi connectivity index (χ0) is 10.7. The standard InChI is InChI=1S/C10H10N4O/c1-2-7-14-10(15)13(8-12-14)9-5-3-4-6-11-9/h2-8H,1H3/b7-2-. The Balaban J connectivity index is 2.52. The van der Waals surface area contributed by atoms with Gasteiger partial charge in [0.15, 0.2) is 0 Å². The van der Waals surface area contributed by atoms with Crippen molar-refractivity contribution in [1.29, 1.82) is 0 Å². The van der Waals surface area contributed by atoms with Gasteiger partial charge in [-0.1, -0.05) is 12.1 Å². The molecule has 0 saturated carbocycles. The lowest BCUT2D eigenvalue weighted by Gasteiger charge is -1.96. The van der Waals surface area contributed by atoms with Crippen molar-refractivity contribution in [2.24, 2.45) is 0 Å². The molecule has 76 valence electrons. The molecule has 0 N–H and O–H groups in total. The summed E-state index contributed by atoms with van der Waals surface area (Å²) in [5.74, 6) is 0.568. The Hall–Kier alpha value is -2.17. The molecule has 0 fully saturated rings. The average Bonchev–Trinajstić information content (AvgIpc) is 2.63. The van der Waals surface area contributed by atoms with Crippen LogP contribution in [0.5, 0.6) is 0 Å². The molecule has 0 aliphatic heterocycles. The SMILES string of the molecule is C/C=C\n1ncn(-c2ccccn2)c1=O. The summed E-state index contributed by atoms with van der Waals surface area (Å²) in [6.45, 7) is 1.83. The molecular formula is C10H10N4O. The van der Waals surface area contributed by atoms with Crippen LogP contribution in [0.25, 0.3) is 12.0 Å². The number of pyridine rings is 1. The van der Waals surface area contributed by atoms with Gasteiger partial charge in [-0.25, -0.2) is 14.3 Å². The lowest BCUT2D eigenvalue weighted by Crippen LogP contribution is -2.21. The number of aromatic nitrogens is 4. The first kappa shape index (κ1) is 9.39. The van der Waals surface area contributed by atoms with Crippen molar-refractivity contribution < 1.29 is 0 Å². The number of hydrogen-bond donors (Lipinski definition) is 0. The fourth-order valence-corrected chi connectivity index (χ4v) is 1.21. The van der Waals surface area contributed by atoms with Gasteiger partial charge in [0, 0.05) is 12.4 Å². The third-order valence-corrected chi connectivity index (χ3v) is 1.88. The monoisotopic (exact) mass is 202 g/mol. The first-order valence-electron chi connectivity index (χ1n) is 4.53. The fraction of sp³-hybridized carbons (Fsp3) is 0.100. The van der Waals surface area contributed by atoms with Crippen LogP contribution in [0.2, 0.25) is 0 Å². The molecule has 0 atom stereocenters. The molecule has 0 saturated heterocycles. The van der Waals surface area contributed by atoms with Crippen LogP contribution in [0.1, 0.15) is 6.92 Å². The van der Waals surface area contributed by atoms with Crippen LogP contribution in [0.3, 0.4) is 0 Å². The fourth-order valence-electron chi connectivity index (χ4n) is 1.21. The second-order valence-electron chi connectivity index (χ2n) is 2.90. The zero-order valence-electron chi connectivity index (χ0n) is 8.24. The van der Waals surface area contributed by atoms with E-state index >= 15 is 0 Å². The maximum atomic E-state index is 11.7. The van der Waals surface area contributed by atoms with Gasteiger partial charge in [-0.05, 0) is 19.1 Å². The van der Waals surface area contributed by atoms with Crippen molar-refractivity contribution in [2.45, 2.75) is 6.92 Å². The molecule has 0 aromatic carbocycles. The molecule has 0 radical (unpaired) electrons. The summed E-state index contributed by atoms with van der Waals surface area (Å²) in [4.78, 5) is 15.8. The topological polar surface area (TPSA) is 52.7 Å². The van der Waals surface area contributed by atoms with E-state index in [0.717, 1.165) is 0 Å². The van der Waals surface area contributed by atoms with Crippen LogP contribution in [-0.2, 0) is 0 Å². The van der Waals surface area contributed by atoms with Crippen LogP contribution in [0.4, 0.5) is 0 Å². The minimum absolute atomic E-state index is 0.230. The Bertz CT molecular complexity index is 524. The molecule has 0 aliphatic carbocycles. The summed E-state index contributed by atoms with van der Waals surface area (Å²) in [6.07, 6.45) is 6.43. The van der Waals surface area contributed by atoms with Crippen molar-refractivity contribution in [3.8, 4) is 5.82 Å². The number of nitrogens with zero attached hydrogens (tertiary/aromatic N) is 4. The van der Waals surface area contributed by atoms with Gasteiger partial charge in [-0.2, -0.15) is 9.78 Å². The van der Waals surface area contributed by atoms with E-state index in [9.17, 15) is 4.79 Å². The van der Waals surface area contributed by atoms with E-state index in [-0.39, 0.29) is 5.69 Å². The van der Waals surface area contributed by atoms with E-state index in [1.807, 2.05) is 13.0 Å². The predicted molar refractivity (Wildman–Crippen MR) is 56.6 cm³/mol. The summed E-state index contributed by atoms with van der Waals surface area (Å²) < 4.78 is 2.65. The molecule has 5 heteroatoms. The molecule has 15 heavy (non-hydrogen) atoms. The van der Waals surface area contributed by atoms with Gasteiger partial charge in [0.1, 0.15) is 12.1 Å². The summed E-state index contributed by atoms with van der Waals surface area (Å²) in [6, 6.07) is 5.37. The molecule has 0 aliphatic rings. The number of allylic oxidation sites excluding steroid dienone is 1. The average molecular weight is 202 g/mol. The van der Waals surface area contributed by atoms with Crippen molar-refractivity contribution in [1.82, 2.24) is 19.3 Å². The lowest BCUT2D eigenvalue weighted by atomic mass is 10.5. The van der Waals surface area contributed by atoms with Gasteiger partial charge < -0.3 is 0 Å². The summed E-state index contributed by atoms with van der Waals surface area (Å²) >= 11 is 0. The minimum Gasteiger partial charge on any atom is -0.245 e. The van der Waals surface area contributed by atoms with Gasteiger partial charge in [0.2, 0.25) is 0 Å². The van der Waals surface area contributed by atoms with Crippen molar-refractivity contribution >= 4 is 6.20 Å². The Labute approximate surface area is 86.3 Å². The highest BCUT2D eigenvalue weighted by Gasteiger charge is 2.04. The molecule has 0 unspecified atom stereocenters. The Morgan fingerprint density at radius 1 is 1.40 bits per heavy atom. The summed E-state index contributed by atoms with van der Waals surface area (Å²) in [7, 11) is 0. The van der Waals surface area contributed by atoms with E-state index in [2.05, 4.69) is 10.1 Å². The quantitative estimate of drug-likeness (QED) is 0.727. The maximum Gasteiger partial charge on any atom is 0.355 e. The normalized spacial score (nSPS) is 11.0. The van der Waals surface area contributed by atoms with Crippen molar-refractivity contribution in [3.05, 3.63) is 47.3 Å². The summed E-state index contributed by atoms with van der Waals surface area (Å²) in [5.41, 5.74) is -0.230. The third kappa shape index (κ3) is 1.71.